The largest absolute Gasteiger partial charge is 0.329 e. The molecule has 4 heteroatoms. The first-order chi connectivity index (χ1) is 10.1. The molecule has 21 heavy (non-hydrogen) atoms. The third kappa shape index (κ3) is 2.63. The Labute approximate surface area is 129 Å². The van der Waals surface area contributed by atoms with Crippen molar-refractivity contribution in [2.24, 2.45) is 5.73 Å². The summed E-state index contributed by atoms with van der Waals surface area (Å²) in [6, 6.07) is 7.62. The van der Waals surface area contributed by atoms with Crippen LogP contribution in [0.15, 0.2) is 29.6 Å². The molecule has 1 aromatic carbocycles. The molecule has 0 spiro atoms. The second kappa shape index (κ2) is 5.87. The Kier molecular flexibility index (Phi) is 4.11. The Morgan fingerprint density at radius 2 is 2.24 bits per heavy atom. The van der Waals surface area contributed by atoms with Crippen LogP contribution in [-0.4, -0.2) is 18.0 Å². The van der Waals surface area contributed by atoms with Crippen LogP contribution in [0.25, 0.3) is 0 Å². The predicted molar refractivity (Wildman–Crippen MR) is 86.1 cm³/mol. The van der Waals surface area contributed by atoms with Crippen LogP contribution in [0.4, 0.5) is 4.39 Å². The van der Waals surface area contributed by atoms with Crippen molar-refractivity contribution in [2.45, 2.75) is 32.4 Å². The molecule has 2 aromatic rings. The SMILES string of the molecule is Cc1ccc(F)cc1C(CN)N1CCc2sccc2C1C. The van der Waals surface area contributed by atoms with Gasteiger partial charge in [0.15, 0.2) is 0 Å². The lowest BCUT2D eigenvalue weighted by Gasteiger charge is -2.40. The molecular weight excluding hydrogens is 283 g/mol. The molecule has 1 aliphatic heterocycles. The van der Waals surface area contributed by atoms with Gasteiger partial charge in [-0.2, -0.15) is 0 Å². The maximum Gasteiger partial charge on any atom is 0.123 e. The van der Waals surface area contributed by atoms with Gasteiger partial charge in [0.1, 0.15) is 5.82 Å². The van der Waals surface area contributed by atoms with E-state index in [1.807, 2.05) is 24.3 Å². The minimum Gasteiger partial charge on any atom is -0.329 e. The third-order valence-electron chi connectivity index (χ3n) is 4.55. The van der Waals surface area contributed by atoms with E-state index < -0.39 is 0 Å². The van der Waals surface area contributed by atoms with Crippen molar-refractivity contribution in [3.63, 3.8) is 0 Å². The summed E-state index contributed by atoms with van der Waals surface area (Å²) in [6.45, 7) is 5.74. The normalized spacial score (nSPS) is 20.3. The van der Waals surface area contributed by atoms with Crippen molar-refractivity contribution < 1.29 is 4.39 Å². The van der Waals surface area contributed by atoms with E-state index in [1.165, 1.54) is 16.5 Å². The molecule has 0 bridgehead atoms. The van der Waals surface area contributed by atoms with Gasteiger partial charge < -0.3 is 5.73 Å². The second-order valence-corrected chi connectivity index (χ2v) is 6.72. The summed E-state index contributed by atoms with van der Waals surface area (Å²) in [7, 11) is 0. The van der Waals surface area contributed by atoms with Crippen LogP contribution in [-0.2, 0) is 6.42 Å². The molecule has 1 aliphatic rings. The van der Waals surface area contributed by atoms with E-state index in [9.17, 15) is 4.39 Å². The van der Waals surface area contributed by atoms with Crippen LogP contribution in [0.3, 0.4) is 0 Å². The molecule has 2 heterocycles. The highest BCUT2D eigenvalue weighted by Crippen LogP contribution is 2.38. The number of hydrogen-bond acceptors (Lipinski definition) is 3. The topological polar surface area (TPSA) is 29.3 Å². The van der Waals surface area contributed by atoms with E-state index in [-0.39, 0.29) is 11.9 Å². The standard InChI is InChI=1S/C17H21FN2S/c1-11-3-4-13(18)9-15(11)16(10-19)20-7-5-17-14(12(20)2)6-8-21-17/h3-4,6,8-9,12,16H,5,7,10,19H2,1-2H3. The highest BCUT2D eigenvalue weighted by molar-refractivity contribution is 7.10. The lowest BCUT2D eigenvalue weighted by Crippen LogP contribution is -2.40. The molecule has 0 radical (unpaired) electrons. The summed E-state index contributed by atoms with van der Waals surface area (Å²) in [4.78, 5) is 3.89. The van der Waals surface area contributed by atoms with Gasteiger partial charge in [-0.05, 0) is 60.5 Å². The molecule has 3 rings (SSSR count). The zero-order valence-corrected chi connectivity index (χ0v) is 13.3. The monoisotopic (exact) mass is 304 g/mol. The van der Waals surface area contributed by atoms with Gasteiger partial charge in [-0.3, -0.25) is 4.90 Å². The van der Waals surface area contributed by atoms with Crippen LogP contribution in [0.1, 0.15) is 40.6 Å². The maximum absolute atomic E-state index is 13.6. The quantitative estimate of drug-likeness (QED) is 0.934. The van der Waals surface area contributed by atoms with Gasteiger partial charge in [0, 0.05) is 30.1 Å². The number of nitrogens with zero attached hydrogens (tertiary/aromatic N) is 1. The Bertz CT molecular complexity index is 637. The van der Waals surface area contributed by atoms with Crippen LogP contribution >= 0.6 is 11.3 Å². The van der Waals surface area contributed by atoms with Gasteiger partial charge in [-0.1, -0.05) is 6.07 Å². The van der Waals surface area contributed by atoms with Gasteiger partial charge in [0.2, 0.25) is 0 Å². The summed E-state index contributed by atoms with van der Waals surface area (Å²) < 4.78 is 13.6. The van der Waals surface area contributed by atoms with E-state index in [2.05, 4.69) is 23.3 Å². The van der Waals surface area contributed by atoms with E-state index in [0.29, 0.717) is 12.6 Å². The maximum atomic E-state index is 13.6. The Balaban J connectivity index is 1.96. The van der Waals surface area contributed by atoms with Gasteiger partial charge in [-0.25, -0.2) is 4.39 Å². The van der Waals surface area contributed by atoms with E-state index in [0.717, 1.165) is 24.1 Å². The van der Waals surface area contributed by atoms with Crippen LogP contribution in [0.5, 0.6) is 0 Å². The van der Waals surface area contributed by atoms with Crippen LogP contribution < -0.4 is 5.73 Å². The van der Waals surface area contributed by atoms with Crippen molar-refractivity contribution in [3.8, 4) is 0 Å². The molecule has 0 fully saturated rings. The van der Waals surface area contributed by atoms with E-state index >= 15 is 0 Å². The van der Waals surface area contributed by atoms with Gasteiger partial charge in [0.05, 0.1) is 0 Å². The number of halogens is 1. The molecule has 2 nitrogen and oxygen atoms in total. The molecule has 2 N–H and O–H groups in total. The number of thiophene rings is 1. The Morgan fingerprint density at radius 3 is 3.00 bits per heavy atom. The molecule has 0 amide bonds. The minimum absolute atomic E-state index is 0.0729. The van der Waals surface area contributed by atoms with E-state index in [4.69, 9.17) is 5.73 Å². The third-order valence-corrected chi connectivity index (χ3v) is 5.54. The Hall–Kier alpha value is -1.23. The zero-order valence-electron chi connectivity index (χ0n) is 12.5. The molecule has 2 unspecified atom stereocenters. The predicted octanol–water partition coefficient (Wildman–Crippen LogP) is 3.81. The summed E-state index contributed by atoms with van der Waals surface area (Å²) in [5.41, 5.74) is 9.58. The smallest absolute Gasteiger partial charge is 0.123 e. The number of benzene rings is 1. The second-order valence-electron chi connectivity index (χ2n) is 5.72. The van der Waals surface area contributed by atoms with Crippen LogP contribution in [0.2, 0.25) is 0 Å². The number of rotatable bonds is 3. The average Bonchev–Trinajstić information content (AvgIpc) is 2.95. The fourth-order valence-electron chi connectivity index (χ4n) is 3.37. The number of hydrogen-bond donors (Lipinski definition) is 1. The van der Waals surface area contributed by atoms with Crippen molar-refractivity contribution in [1.82, 2.24) is 4.90 Å². The minimum atomic E-state index is -0.185. The van der Waals surface area contributed by atoms with Crippen molar-refractivity contribution >= 4 is 11.3 Å². The molecule has 1 aromatic heterocycles. The molecular formula is C17H21FN2S. The summed E-state index contributed by atoms with van der Waals surface area (Å²) >= 11 is 1.83. The first-order valence-electron chi connectivity index (χ1n) is 7.40. The number of fused-ring (bicyclic) bond motifs is 1. The van der Waals surface area contributed by atoms with Crippen molar-refractivity contribution in [3.05, 3.63) is 57.0 Å². The average molecular weight is 304 g/mol. The lowest BCUT2D eigenvalue weighted by atomic mass is 9.94. The summed E-state index contributed by atoms with van der Waals surface area (Å²) in [5.74, 6) is -0.185. The highest BCUT2D eigenvalue weighted by atomic mass is 32.1. The molecule has 0 saturated heterocycles. The Morgan fingerprint density at radius 1 is 1.43 bits per heavy atom. The van der Waals surface area contributed by atoms with Gasteiger partial charge >= 0.3 is 0 Å². The van der Waals surface area contributed by atoms with Gasteiger partial charge in [0.25, 0.3) is 0 Å². The number of nitrogens with two attached hydrogens (primary N) is 1. The highest BCUT2D eigenvalue weighted by Gasteiger charge is 2.31. The first kappa shape index (κ1) is 14.7. The molecule has 0 aliphatic carbocycles. The summed E-state index contributed by atoms with van der Waals surface area (Å²) in [5, 5.41) is 2.16. The molecule has 112 valence electrons. The molecule has 0 saturated carbocycles. The number of aryl methyl sites for hydroxylation is 1. The lowest BCUT2D eigenvalue weighted by molar-refractivity contribution is 0.138. The van der Waals surface area contributed by atoms with Gasteiger partial charge in [-0.15, -0.1) is 11.3 Å². The fourth-order valence-corrected chi connectivity index (χ4v) is 4.33. The van der Waals surface area contributed by atoms with Crippen molar-refractivity contribution in [2.75, 3.05) is 13.1 Å². The van der Waals surface area contributed by atoms with Crippen molar-refractivity contribution in [1.29, 1.82) is 0 Å². The fraction of sp³-hybridized carbons (Fsp3) is 0.412. The summed E-state index contributed by atoms with van der Waals surface area (Å²) in [6.07, 6.45) is 1.06. The first-order valence-corrected chi connectivity index (χ1v) is 8.28. The zero-order chi connectivity index (χ0) is 15.0. The molecule has 2 atom stereocenters. The van der Waals surface area contributed by atoms with E-state index in [1.54, 1.807) is 6.07 Å². The van der Waals surface area contributed by atoms with Crippen LogP contribution in [0, 0.1) is 12.7 Å².